The van der Waals surface area contributed by atoms with Gasteiger partial charge in [0, 0.05) is 24.3 Å². The Balaban J connectivity index is 2.19. The molecule has 1 aromatic rings. The lowest BCUT2D eigenvalue weighted by molar-refractivity contribution is 0.318. The zero-order valence-electron chi connectivity index (χ0n) is 12.3. The van der Waals surface area contributed by atoms with Gasteiger partial charge in [-0.3, -0.25) is 0 Å². The van der Waals surface area contributed by atoms with Gasteiger partial charge in [-0.1, -0.05) is 31.8 Å². The largest absolute Gasteiger partial charge is 0.409 e. The number of pyridine rings is 1. The van der Waals surface area contributed by atoms with Crippen molar-refractivity contribution in [1.29, 1.82) is 0 Å². The maximum Gasteiger partial charge on any atom is 0.171 e. The van der Waals surface area contributed by atoms with E-state index in [0.29, 0.717) is 17.5 Å². The van der Waals surface area contributed by atoms with Gasteiger partial charge in [-0.15, -0.1) is 0 Å². The van der Waals surface area contributed by atoms with Crippen LogP contribution in [0.25, 0.3) is 0 Å². The zero-order chi connectivity index (χ0) is 14.5. The van der Waals surface area contributed by atoms with Crippen molar-refractivity contribution in [2.24, 2.45) is 16.8 Å². The van der Waals surface area contributed by atoms with Crippen molar-refractivity contribution in [3.63, 3.8) is 0 Å². The van der Waals surface area contributed by atoms with E-state index in [-0.39, 0.29) is 5.84 Å². The van der Waals surface area contributed by atoms with Crippen LogP contribution in [0.15, 0.2) is 23.5 Å². The van der Waals surface area contributed by atoms with Gasteiger partial charge in [0.1, 0.15) is 5.82 Å². The molecular formula is C15H24N4O. The molecule has 3 N–H and O–H groups in total. The van der Waals surface area contributed by atoms with Crippen molar-refractivity contribution < 1.29 is 5.21 Å². The van der Waals surface area contributed by atoms with Crippen LogP contribution < -0.4 is 10.6 Å². The molecule has 5 heteroatoms. The van der Waals surface area contributed by atoms with Gasteiger partial charge in [-0.25, -0.2) is 4.98 Å². The van der Waals surface area contributed by atoms with Crippen LogP contribution in [0.3, 0.4) is 0 Å². The smallest absolute Gasteiger partial charge is 0.171 e. The Morgan fingerprint density at radius 3 is 2.65 bits per heavy atom. The number of oxime groups is 1. The van der Waals surface area contributed by atoms with E-state index in [0.717, 1.165) is 12.4 Å². The fourth-order valence-electron chi connectivity index (χ4n) is 2.80. The second-order valence-electron chi connectivity index (χ2n) is 5.87. The number of anilines is 1. The molecule has 0 aromatic carbocycles. The van der Waals surface area contributed by atoms with Gasteiger partial charge in [-0.2, -0.15) is 0 Å². The van der Waals surface area contributed by atoms with E-state index in [9.17, 15) is 0 Å². The SMILES string of the molecule is CC(C)CN(c1ccc(/C(N)=N/O)cn1)C1CCCC1. The van der Waals surface area contributed by atoms with Crippen LogP contribution in [-0.4, -0.2) is 28.6 Å². The lowest BCUT2D eigenvalue weighted by atomic mass is 10.1. The summed E-state index contributed by atoms with van der Waals surface area (Å²) >= 11 is 0. The number of hydrogen-bond donors (Lipinski definition) is 2. The van der Waals surface area contributed by atoms with Gasteiger partial charge in [-0.05, 0) is 30.9 Å². The van der Waals surface area contributed by atoms with Gasteiger partial charge in [0.2, 0.25) is 0 Å². The van der Waals surface area contributed by atoms with Crippen molar-refractivity contribution in [3.05, 3.63) is 23.9 Å². The summed E-state index contributed by atoms with van der Waals surface area (Å²) in [5, 5.41) is 11.7. The second-order valence-corrected chi connectivity index (χ2v) is 5.87. The Kier molecular flexibility index (Phi) is 4.82. The molecule has 0 spiro atoms. The summed E-state index contributed by atoms with van der Waals surface area (Å²) in [6.07, 6.45) is 6.78. The monoisotopic (exact) mass is 276 g/mol. The fraction of sp³-hybridized carbons (Fsp3) is 0.600. The lowest BCUT2D eigenvalue weighted by Crippen LogP contribution is -2.37. The number of amidine groups is 1. The molecule has 0 amide bonds. The molecule has 0 radical (unpaired) electrons. The summed E-state index contributed by atoms with van der Waals surface area (Å²) in [5.41, 5.74) is 6.22. The normalized spacial score (nSPS) is 16.9. The van der Waals surface area contributed by atoms with Crippen LogP contribution in [0.4, 0.5) is 5.82 Å². The van der Waals surface area contributed by atoms with Crippen LogP contribution in [0.2, 0.25) is 0 Å². The van der Waals surface area contributed by atoms with Crippen molar-refractivity contribution in [3.8, 4) is 0 Å². The van der Waals surface area contributed by atoms with E-state index < -0.39 is 0 Å². The number of nitrogens with zero attached hydrogens (tertiary/aromatic N) is 3. The Morgan fingerprint density at radius 1 is 1.45 bits per heavy atom. The number of aromatic nitrogens is 1. The third-order valence-electron chi connectivity index (χ3n) is 3.77. The van der Waals surface area contributed by atoms with Crippen LogP contribution in [0.5, 0.6) is 0 Å². The molecule has 2 rings (SSSR count). The predicted molar refractivity (Wildman–Crippen MR) is 81.2 cm³/mol. The summed E-state index contributed by atoms with van der Waals surface area (Å²) in [5.74, 6) is 1.68. The van der Waals surface area contributed by atoms with E-state index in [2.05, 4.69) is 28.9 Å². The van der Waals surface area contributed by atoms with E-state index >= 15 is 0 Å². The van der Waals surface area contributed by atoms with E-state index in [1.54, 1.807) is 6.20 Å². The van der Waals surface area contributed by atoms with Gasteiger partial charge >= 0.3 is 0 Å². The molecule has 110 valence electrons. The molecule has 1 fully saturated rings. The molecule has 1 heterocycles. The average Bonchev–Trinajstić information content (AvgIpc) is 2.98. The van der Waals surface area contributed by atoms with Crippen LogP contribution in [-0.2, 0) is 0 Å². The summed E-state index contributed by atoms with van der Waals surface area (Å²) < 4.78 is 0. The molecular weight excluding hydrogens is 252 g/mol. The molecule has 20 heavy (non-hydrogen) atoms. The third-order valence-corrected chi connectivity index (χ3v) is 3.77. The molecule has 5 nitrogen and oxygen atoms in total. The quantitative estimate of drug-likeness (QED) is 0.375. The van der Waals surface area contributed by atoms with Crippen molar-refractivity contribution in [2.75, 3.05) is 11.4 Å². The highest BCUT2D eigenvalue weighted by atomic mass is 16.4. The number of hydrogen-bond acceptors (Lipinski definition) is 4. The summed E-state index contributed by atoms with van der Waals surface area (Å²) in [6, 6.07) is 4.42. The van der Waals surface area contributed by atoms with Gasteiger partial charge in [0.15, 0.2) is 5.84 Å². The van der Waals surface area contributed by atoms with Crippen LogP contribution in [0.1, 0.15) is 45.1 Å². The van der Waals surface area contributed by atoms with Crippen LogP contribution in [0, 0.1) is 5.92 Å². The predicted octanol–water partition coefficient (Wildman–Crippen LogP) is 2.58. The molecule has 0 atom stereocenters. The first-order valence-electron chi connectivity index (χ1n) is 7.32. The third kappa shape index (κ3) is 3.40. The Morgan fingerprint density at radius 2 is 2.15 bits per heavy atom. The minimum absolute atomic E-state index is 0.0975. The zero-order valence-corrected chi connectivity index (χ0v) is 12.3. The first-order valence-corrected chi connectivity index (χ1v) is 7.32. The molecule has 1 saturated carbocycles. The number of nitrogens with two attached hydrogens (primary N) is 1. The topological polar surface area (TPSA) is 74.7 Å². The van der Waals surface area contributed by atoms with Crippen molar-refractivity contribution in [2.45, 2.75) is 45.6 Å². The summed E-state index contributed by atoms with van der Waals surface area (Å²) in [4.78, 5) is 6.91. The number of rotatable bonds is 5. The van der Waals surface area contributed by atoms with E-state index in [1.165, 1.54) is 25.7 Å². The van der Waals surface area contributed by atoms with E-state index in [1.807, 2.05) is 12.1 Å². The van der Waals surface area contributed by atoms with Gasteiger partial charge in [0.05, 0.1) is 0 Å². The maximum absolute atomic E-state index is 8.68. The maximum atomic E-state index is 8.68. The van der Waals surface area contributed by atoms with Gasteiger partial charge < -0.3 is 15.8 Å². The fourth-order valence-corrected chi connectivity index (χ4v) is 2.80. The van der Waals surface area contributed by atoms with E-state index in [4.69, 9.17) is 10.9 Å². The molecule has 0 unspecified atom stereocenters. The minimum atomic E-state index is 0.0975. The first-order chi connectivity index (χ1) is 9.61. The molecule has 1 aliphatic carbocycles. The highest BCUT2D eigenvalue weighted by Gasteiger charge is 2.24. The second kappa shape index (κ2) is 6.59. The Bertz CT molecular complexity index is 449. The molecule has 1 aromatic heterocycles. The Hall–Kier alpha value is -1.78. The van der Waals surface area contributed by atoms with Crippen molar-refractivity contribution in [1.82, 2.24) is 4.98 Å². The highest BCUT2D eigenvalue weighted by molar-refractivity contribution is 5.96. The minimum Gasteiger partial charge on any atom is -0.409 e. The Labute approximate surface area is 120 Å². The summed E-state index contributed by atoms with van der Waals surface area (Å²) in [6.45, 7) is 5.47. The molecule has 0 bridgehead atoms. The van der Waals surface area contributed by atoms with Crippen LogP contribution >= 0.6 is 0 Å². The van der Waals surface area contributed by atoms with Gasteiger partial charge in [0.25, 0.3) is 0 Å². The molecule has 0 saturated heterocycles. The van der Waals surface area contributed by atoms with Crippen molar-refractivity contribution >= 4 is 11.7 Å². The standard InChI is InChI=1S/C15H24N4O/c1-11(2)10-19(13-5-3-4-6-13)14-8-7-12(9-17-14)15(16)18-20/h7-9,11,13,20H,3-6,10H2,1-2H3,(H2,16,18). The average molecular weight is 276 g/mol. The first kappa shape index (κ1) is 14.6. The lowest BCUT2D eigenvalue weighted by Gasteiger charge is -2.31. The molecule has 0 aliphatic heterocycles. The summed E-state index contributed by atoms with van der Waals surface area (Å²) in [7, 11) is 0. The highest BCUT2D eigenvalue weighted by Crippen LogP contribution is 2.28. The molecule has 1 aliphatic rings.